The normalized spacial score (nSPS) is 15.0. The van der Waals surface area contributed by atoms with E-state index < -0.39 is 17.8 Å². The molecule has 8 heteroatoms. The minimum Gasteiger partial charge on any atom is -0.493 e. The topological polar surface area (TPSA) is 94.2 Å². The highest BCUT2D eigenvalue weighted by molar-refractivity contribution is 6.39. The fourth-order valence-corrected chi connectivity index (χ4v) is 3.64. The molecule has 164 valence electrons. The van der Waals surface area contributed by atoms with Gasteiger partial charge in [-0.25, -0.2) is 4.79 Å². The number of hydrogen-bond donors (Lipinski definition) is 1. The summed E-state index contributed by atoms with van der Waals surface area (Å²) in [4.78, 5) is 38.7. The number of fused-ring (bicyclic) bond motifs is 1. The van der Waals surface area contributed by atoms with E-state index in [0.717, 1.165) is 11.1 Å². The number of ether oxygens (including phenoxy) is 3. The highest BCUT2D eigenvalue weighted by atomic mass is 16.5. The molecule has 8 nitrogen and oxygen atoms in total. The second-order valence-electron chi connectivity index (χ2n) is 7.08. The summed E-state index contributed by atoms with van der Waals surface area (Å²) >= 11 is 0. The fourth-order valence-electron chi connectivity index (χ4n) is 3.64. The fraction of sp³-hybridized carbons (Fsp3) is 0.348. The Morgan fingerprint density at radius 2 is 1.71 bits per heavy atom. The van der Waals surface area contributed by atoms with Gasteiger partial charge in [0.2, 0.25) is 0 Å². The second kappa shape index (κ2) is 9.51. The van der Waals surface area contributed by atoms with Crippen LogP contribution in [0, 0.1) is 0 Å². The predicted molar refractivity (Wildman–Crippen MR) is 114 cm³/mol. The highest BCUT2D eigenvalue weighted by Gasteiger charge is 2.32. The average Bonchev–Trinajstić information content (AvgIpc) is 2.78. The number of amides is 2. The lowest BCUT2D eigenvalue weighted by Crippen LogP contribution is -2.44. The lowest BCUT2D eigenvalue weighted by molar-refractivity contribution is -0.145. The molecular formula is C23H26N2O6. The summed E-state index contributed by atoms with van der Waals surface area (Å²) in [6.07, 6.45) is 0.604. The molecule has 0 fully saturated rings. The van der Waals surface area contributed by atoms with Crippen molar-refractivity contribution in [3.05, 3.63) is 53.1 Å². The number of esters is 1. The third-order valence-electron chi connectivity index (χ3n) is 5.29. The second-order valence-corrected chi connectivity index (χ2v) is 7.08. The van der Waals surface area contributed by atoms with Crippen molar-refractivity contribution < 1.29 is 28.6 Å². The van der Waals surface area contributed by atoms with Crippen LogP contribution in [0.3, 0.4) is 0 Å². The van der Waals surface area contributed by atoms with Crippen LogP contribution >= 0.6 is 0 Å². The van der Waals surface area contributed by atoms with E-state index in [9.17, 15) is 14.4 Å². The van der Waals surface area contributed by atoms with Gasteiger partial charge in [-0.3, -0.25) is 9.59 Å². The summed E-state index contributed by atoms with van der Waals surface area (Å²) < 4.78 is 15.7. The Balaban J connectivity index is 1.71. The summed E-state index contributed by atoms with van der Waals surface area (Å²) in [6.45, 7) is 4.30. The van der Waals surface area contributed by atoms with Gasteiger partial charge in [-0.2, -0.15) is 0 Å². The first-order valence-electron chi connectivity index (χ1n) is 10.0. The van der Waals surface area contributed by atoms with E-state index in [2.05, 4.69) is 5.32 Å². The van der Waals surface area contributed by atoms with Gasteiger partial charge in [0, 0.05) is 12.2 Å². The third kappa shape index (κ3) is 4.63. The van der Waals surface area contributed by atoms with Gasteiger partial charge >= 0.3 is 17.8 Å². The quantitative estimate of drug-likeness (QED) is 0.584. The van der Waals surface area contributed by atoms with E-state index in [-0.39, 0.29) is 12.6 Å². The zero-order valence-corrected chi connectivity index (χ0v) is 18.1. The maximum atomic E-state index is 12.8. The van der Waals surface area contributed by atoms with Gasteiger partial charge in [-0.15, -0.1) is 0 Å². The molecule has 0 spiro atoms. The van der Waals surface area contributed by atoms with Crippen LogP contribution in [0.15, 0.2) is 36.4 Å². The molecule has 2 aromatic rings. The van der Waals surface area contributed by atoms with Crippen LogP contribution in [0.1, 0.15) is 41.4 Å². The minimum atomic E-state index is -0.736. The maximum absolute atomic E-state index is 12.8. The summed E-state index contributed by atoms with van der Waals surface area (Å²) in [6, 6.07) is 9.66. The van der Waals surface area contributed by atoms with Gasteiger partial charge in [0.25, 0.3) is 0 Å². The molecule has 0 unspecified atom stereocenters. The highest BCUT2D eigenvalue weighted by Crippen LogP contribution is 2.37. The number of benzene rings is 2. The number of anilines is 1. The van der Waals surface area contributed by atoms with E-state index in [0.29, 0.717) is 35.7 Å². The smallest absolute Gasteiger partial charge is 0.338 e. The lowest BCUT2D eigenvalue weighted by atomic mass is 9.92. The van der Waals surface area contributed by atoms with Crippen molar-refractivity contribution in [1.82, 2.24) is 4.90 Å². The number of carbonyl (C=O) groups excluding carboxylic acids is 3. The van der Waals surface area contributed by atoms with Gasteiger partial charge in [-0.05, 0) is 67.8 Å². The molecule has 1 aliphatic heterocycles. The van der Waals surface area contributed by atoms with Gasteiger partial charge in [0.15, 0.2) is 11.5 Å². The molecule has 0 bridgehead atoms. The SMILES string of the molecule is CCOC(=O)c1ccc(NC(=O)C(=O)N2CCc3cc(OC)c(OC)cc3[C@@H]2C)cc1. The van der Waals surface area contributed by atoms with E-state index in [4.69, 9.17) is 14.2 Å². The van der Waals surface area contributed by atoms with Crippen molar-refractivity contribution in [2.75, 3.05) is 32.7 Å². The zero-order valence-electron chi connectivity index (χ0n) is 18.1. The largest absolute Gasteiger partial charge is 0.493 e. The number of methoxy groups -OCH3 is 2. The first-order chi connectivity index (χ1) is 14.9. The number of nitrogens with one attached hydrogen (secondary N) is 1. The van der Waals surface area contributed by atoms with Crippen molar-refractivity contribution in [2.45, 2.75) is 26.3 Å². The Morgan fingerprint density at radius 3 is 2.32 bits per heavy atom. The van der Waals surface area contributed by atoms with Crippen LogP contribution in [0.2, 0.25) is 0 Å². The summed E-state index contributed by atoms with van der Waals surface area (Å²) in [5.41, 5.74) is 2.77. The maximum Gasteiger partial charge on any atom is 0.338 e. The predicted octanol–water partition coefficient (Wildman–Crippen LogP) is 2.96. The standard InChI is InChI=1S/C23H26N2O6/c1-5-31-23(28)15-6-8-17(9-7-15)24-21(26)22(27)25-11-10-16-12-19(29-3)20(30-4)13-18(16)14(25)2/h6-9,12-14H,5,10-11H2,1-4H3,(H,24,26)/t14-/m0/s1. The van der Waals surface area contributed by atoms with Crippen LogP contribution in [0.25, 0.3) is 0 Å². The van der Waals surface area contributed by atoms with Crippen LogP contribution in [0.5, 0.6) is 11.5 Å². The average molecular weight is 426 g/mol. The molecule has 0 radical (unpaired) electrons. The minimum absolute atomic E-state index is 0.279. The molecule has 1 atom stereocenters. The van der Waals surface area contributed by atoms with Gasteiger partial charge < -0.3 is 24.4 Å². The Morgan fingerprint density at radius 1 is 1.06 bits per heavy atom. The molecule has 0 saturated heterocycles. The number of rotatable bonds is 5. The van der Waals surface area contributed by atoms with Crippen LogP contribution in [-0.4, -0.2) is 50.1 Å². The molecule has 1 heterocycles. The van der Waals surface area contributed by atoms with Gasteiger partial charge in [0.05, 0.1) is 32.4 Å². The Labute approximate surface area is 181 Å². The van der Waals surface area contributed by atoms with E-state index >= 15 is 0 Å². The van der Waals surface area contributed by atoms with Crippen molar-refractivity contribution in [2.24, 2.45) is 0 Å². The molecule has 2 amide bonds. The monoisotopic (exact) mass is 426 g/mol. The van der Waals surface area contributed by atoms with E-state index in [1.807, 2.05) is 19.1 Å². The molecule has 3 rings (SSSR count). The lowest BCUT2D eigenvalue weighted by Gasteiger charge is -2.35. The Kier molecular flexibility index (Phi) is 6.79. The zero-order chi connectivity index (χ0) is 22.5. The Hall–Kier alpha value is -3.55. The Bertz CT molecular complexity index is 986. The van der Waals surface area contributed by atoms with Crippen molar-refractivity contribution in [1.29, 1.82) is 0 Å². The number of carbonyl (C=O) groups is 3. The van der Waals surface area contributed by atoms with Crippen LogP contribution in [-0.2, 0) is 20.7 Å². The molecule has 0 aliphatic carbocycles. The van der Waals surface area contributed by atoms with Gasteiger partial charge in [-0.1, -0.05) is 0 Å². The molecule has 0 saturated carbocycles. The summed E-state index contributed by atoms with van der Waals surface area (Å²) in [5, 5.41) is 2.60. The number of hydrogen-bond acceptors (Lipinski definition) is 6. The van der Waals surface area contributed by atoms with Crippen molar-refractivity contribution in [3.8, 4) is 11.5 Å². The molecule has 2 aromatic carbocycles. The molecule has 1 N–H and O–H groups in total. The van der Waals surface area contributed by atoms with Gasteiger partial charge in [0.1, 0.15) is 0 Å². The summed E-state index contributed by atoms with van der Waals surface area (Å²) in [7, 11) is 3.14. The third-order valence-corrected chi connectivity index (χ3v) is 5.29. The number of nitrogens with zero attached hydrogens (tertiary/aromatic N) is 1. The first-order valence-corrected chi connectivity index (χ1v) is 10.0. The molecular weight excluding hydrogens is 400 g/mol. The first kappa shape index (κ1) is 22.1. The van der Waals surface area contributed by atoms with Crippen molar-refractivity contribution >= 4 is 23.5 Å². The molecule has 31 heavy (non-hydrogen) atoms. The van der Waals surface area contributed by atoms with E-state index in [1.165, 1.54) is 17.0 Å². The van der Waals surface area contributed by atoms with E-state index in [1.54, 1.807) is 33.3 Å². The molecule has 1 aliphatic rings. The van der Waals surface area contributed by atoms with Crippen LogP contribution < -0.4 is 14.8 Å². The van der Waals surface area contributed by atoms with Crippen LogP contribution in [0.4, 0.5) is 5.69 Å². The van der Waals surface area contributed by atoms with Crippen molar-refractivity contribution in [3.63, 3.8) is 0 Å². The molecule has 0 aromatic heterocycles. The summed E-state index contributed by atoms with van der Waals surface area (Å²) in [5.74, 6) is -0.586.